The first-order chi connectivity index (χ1) is 7.20. The van der Waals surface area contributed by atoms with Gasteiger partial charge >= 0.3 is 5.97 Å². The largest absolute Gasteiger partial charge is 0.481 e. The number of carboxylic acid groups (broad SMARTS) is 1. The number of rotatable bonds is 6. The zero-order chi connectivity index (χ0) is 11.1. The molecule has 0 atom stereocenters. The standard InChI is InChI=1S/C12H15ClO2/c13-11-8-5-4-7-10(11)6-2-1-3-9-12(14)15/h4-5,7-8H,1-3,6,9H2,(H,14,15). The van der Waals surface area contributed by atoms with Crippen molar-refractivity contribution in [3.05, 3.63) is 34.9 Å². The molecule has 15 heavy (non-hydrogen) atoms. The number of aryl methyl sites for hydroxylation is 1. The van der Waals surface area contributed by atoms with Gasteiger partial charge in [0.1, 0.15) is 0 Å². The Hall–Kier alpha value is -1.02. The molecule has 0 aliphatic heterocycles. The number of unbranched alkanes of at least 4 members (excludes halogenated alkanes) is 2. The highest BCUT2D eigenvalue weighted by molar-refractivity contribution is 6.31. The zero-order valence-electron chi connectivity index (χ0n) is 8.58. The second-order valence-corrected chi connectivity index (χ2v) is 3.95. The first-order valence-corrected chi connectivity index (χ1v) is 5.53. The van der Waals surface area contributed by atoms with Crippen LogP contribution in [0, 0.1) is 0 Å². The first-order valence-electron chi connectivity index (χ1n) is 5.15. The molecule has 0 aliphatic rings. The van der Waals surface area contributed by atoms with Gasteiger partial charge in [0.15, 0.2) is 0 Å². The van der Waals surface area contributed by atoms with Crippen LogP contribution in [0.15, 0.2) is 24.3 Å². The van der Waals surface area contributed by atoms with Crippen LogP contribution in [0.1, 0.15) is 31.2 Å². The van der Waals surface area contributed by atoms with Gasteiger partial charge in [0.25, 0.3) is 0 Å². The van der Waals surface area contributed by atoms with E-state index < -0.39 is 5.97 Å². The van der Waals surface area contributed by atoms with Gasteiger partial charge in [0, 0.05) is 11.4 Å². The molecule has 1 rings (SSSR count). The molecule has 82 valence electrons. The summed E-state index contributed by atoms with van der Waals surface area (Å²) in [6.07, 6.45) is 3.89. The number of halogens is 1. The van der Waals surface area contributed by atoms with Gasteiger partial charge in [-0.25, -0.2) is 0 Å². The normalized spacial score (nSPS) is 10.2. The van der Waals surface area contributed by atoms with E-state index in [0.29, 0.717) is 0 Å². The quantitative estimate of drug-likeness (QED) is 0.754. The topological polar surface area (TPSA) is 37.3 Å². The van der Waals surface area contributed by atoms with Crippen LogP contribution in [0.5, 0.6) is 0 Å². The van der Waals surface area contributed by atoms with Gasteiger partial charge in [0.2, 0.25) is 0 Å². The average Bonchev–Trinajstić information content (AvgIpc) is 2.20. The monoisotopic (exact) mass is 226 g/mol. The molecule has 0 aliphatic carbocycles. The Morgan fingerprint density at radius 3 is 2.60 bits per heavy atom. The highest BCUT2D eigenvalue weighted by atomic mass is 35.5. The van der Waals surface area contributed by atoms with E-state index in [1.165, 1.54) is 0 Å². The van der Waals surface area contributed by atoms with Gasteiger partial charge in [0.05, 0.1) is 0 Å². The molecular formula is C12H15ClO2. The molecule has 0 spiro atoms. The lowest BCUT2D eigenvalue weighted by Gasteiger charge is -2.02. The summed E-state index contributed by atoms with van der Waals surface area (Å²) >= 11 is 5.99. The van der Waals surface area contributed by atoms with Crippen LogP contribution in [-0.2, 0) is 11.2 Å². The molecular weight excluding hydrogens is 212 g/mol. The number of benzene rings is 1. The Labute approximate surface area is 94.9 Å². The average molecular weight is 227 g/mol. The van der Waals surface area contributed by atoms with Gasteiger partial charge < -0.3 is 5.11 Å². The van der Waals surface area contributed by atoms with Gasteiger partial charge in [-0.1, -0.05) is 36.2 Å². The molecule has 0 saturated carbocycles. The molecule has 0 amide bonds. The van der Waals surface area contributed by atoms with Crippen LogP contribution < -0.4 is 0 Å². The van der Waals surface area contributed by atoms with Gasteiger partial charge in [-0.3, -0.25) is 4.79 Å². The number of hydrogen-bond acceptors (Lipinski definition) is 1. The summed E-state index contributed by atoms with van der Waals surface area (Å²) < 4.78 is 0. The van der Waals surface area contributed by atoms with E-state index in [-0.39, 0.29) is 6.42 Å². The van der Waals surface area contributed by atoms with Crippen molar-refractivity contribution in [3.8, 4) is 0 Å². The number of carbonyl (C=O) groups is 1. The Morgan fingerprint density at radius 1 is 1.20 bits per heavy atom. The fourth-order valence-electron chi connectivity index (χ4n) is 1.47. The Bertz CT molecular complexity index is 323. The van der Waals surface area contributed by atoms with Crippen molar-refractivity contribution in [2.24, 2.45) is 0 Å². The smallest absolute Gasteiger partial charge is 0.303 e. The van der Waals surface area contributed by atoms with Crippen molar-refractivity contribution < 1.29 is 9.90 Å². The number of hydrogen-bond donors (Lipinski definition) is 1. The van der Waals surface area contributed by atoms with Gasteiger partial charge in [-0.05, 0) is 30.9 Å². The molecule has 0 radical (unpaired) electrons. The lowest BCUT2D eigenvalue weighted by molar-refractivity contribution is -0.137. The van der Waals surface area contributed by atoms with E-state index in [1.807, 2.05) is 24.3 Å². The lowest BCUT2D eigenvalue weighted by Crippen LogP contribution is -1.94. The number of aliphatic carboxylic acids is 1. The number of carboxylic acids is 1. The van der Waals surface area contributed by atoms with Crippen molar-refractivity contribution in [2.75, 3.05) is 0 Å². The van der Waals surface area contributed by atoms with E-state index >= 15 is 0 Å². The lowest BCUT2D eigenvalue weighted by atomic mass is 10.1. The maximum atomic E-state index is 10.3. The highest BCUT2D eigenvalue weighted by Crippen LogP contribution is 2.17. The molecule has 1 N–H and O–H groups in total. The second kappa shape index (κ2) is 6.46. The summed E-state index contributed by atoms with van der Waals surface area (Å²) in [6, 6.07) is 7.78. The summed E-state index contributed by atoms with van der Waals surface area (Å²) in [7, 11) is 0. The molecule has 1 aromatic rings. The third-order valence-electron chi connectivity index (χ3n) is 2.29. The van der Waals surface area contributed by atoms with E-state index in [9.17, 15) is 4.79 Å². The fourth-order valence-corrected chi connectivity index (χ4v) is 1.70. The Balaban J connectivity index is 2.21. The third kappa shape index (κ3) is 4.84. The van der Waals surface area contributed by atoms with Crippen molar-refractivity contribution in [1.82, 2.24) is 0 Å². The maximum Gasteiger partial charge on any atom is 0.303 e. The van der Waals surface area contributed by atoms with E-state index in [0.717, 1.165) is 36.3 Å². The zero-order valence-corrected chi connectivity index (χ0v) is 9.33. The maximum absolute atomic E-state index is 10.3. The minimum Gasteiger partial charge on any atom is -0.481 e. The van der Waals surface area contributed by atoms with Crippen molar-refractivity contribution in [3.63, 3.8) is 0 Å². The second-order valence-electron chi connectivity index (χ2n) is 3.55. The van der Waals surface area contributed by atoms with E-state index in [4.69, 9.17) is 16.7 Å². The minimum absolute atomic E-state index is 0.266. The molecule has 1 aromatic carbocycles. The fraction of sp³-hybridized carbons (Fsp3) is 0.417. The van der Waals surface area contributed by atoms with E-state index in [1.54, 1.807) is 0 Å². The van der Waals surface area contributed by atoms with Crippen LogP contribution in [0.25, 0.3) is 0 Å². The predicted octanol–water partition coefficient (Wildman–Crippen LogP) is 3.53. The molecule has 0 bridgehead atoms. The van der Waals surface area contributed by atoms with Crippen LogP contribution in [0.3, 0.4) is 0 Å². The molecule has 0 saturated heterocycles. The third-order valence-corrected chi connectivity index (χ3v) is 2.66. The molecule has 0 heterocycles. The van der Waals surface area contributed by atoms with Crippen LogP contribution >= 0.6 is 11.6 Å². The minimum atomic E-state index is -0.715. The van der Waals surface area contributed by atoms with Crippen LogP contribution in [0.4, 0.5) is 0 Å². The summed E-state index contributed by atoms with van der Waals surface area (Å²) in [5.41, 5.74) is 1.15. The SMILES string of the molecule is O=C(O)CCCCCc1ccccc1Cl. The van der Waals surface area contributed by atoms with Crippen LogP contribution in [-0.4, -0.2) is 11.1 Å². The summed E-state index contributed by atoms with van der Waals surface area (Å²) in [4.78, 5) is 10.3. The van der Waals surface area contributed by atoms with Gasteiger partial charge in [-0.15, -0.1) is 0 Å². The Morgan fingerprint density at radius 2 is 1.93 bits per heavy atom. The molecule has 0 unspecified atom stereocenters. The first kappa shape index (κ1) is 12.1. The van der Waals surface area contributed by atoms with Gasteiger partial charge in [-0.2, -0.15) is 0 Å². The summed E-state index contributed by atoms with van der Waals surface area (Å²) in [6.45, 7) is 0. The Kier molecular flexibility index (Phi) is 5.19. The van der Waals surface area contributed by atoms with Crippen molar-refractivity contribution in [1.29, 1.82) is 0 Å². The molecule has 3 heteroatoms. The van der Waals surface area contributed by atoms with Crippen molar-refractivity contribution in [2.45, 2.75) is 32.1 Å². The molecule has 0 aromatic heterocycles. The van der Waals surface area contributed by atoms with Crippen LogP contribution in [0.2, 0.25) is 5.02 Å². The summed E-state index contributed by atoms with van der Waals surface area (Å²) in [5.74, 6) is -0.715. The summed E-state index contributed by atoms with van der Waals surface area (Å²) in [5, 5.41) is 9.25. The molecule has 2 nitrogen and oxygen atoms in total. The predicted molar refractivity (Wildman–Crippen MR) is 61.3 cm³/mol. The van der Waals surface area contributed by atoms with Crippen molar-refractivity contribution >= 4 is 17.6 Å². The molecule has 0 fully saturated rings. The van der Waals surface area contributed by atoms with E-state index in [2.05, 4.69) is 0 Å². The highest BCUT2D eigenvalue weighted by Gasteiger charge is 2.00.